The van der Waals surface area contributed by atoms with Crippen LogP contribution in [-0.2, 0) is 17.3 Å². The molecule has 0 aromatic carbocycles. The van der Waals surface area contributed by atoms with Gasteiger partial charge in [0.15, 0.2) is 0 Å². The summed E-state index contributed by atoms with van der Waals surface area (Å²) in [6.07, 6.45) is 1.72. The van der Waals surface area contributed by atoms with E-state index in [-0.39, 0.29) is 0 Å². The first kappa shape index (κ1) is 11.4. The fourth-order valence-electron chi connectivity index (χ4n) is 0.869. The molecule has 1 unspecified atom stereocenters. The summed E-state index contributed by atoms with van der Waals surface area (Å²) >= 11 is 5.18. The van der Waals surface area contributed by atoms with Crippen molar-refractivity contribution in [3.63, 3.8) is 0 Å². The predicted molar refractivity (Wildman–Crippen MR) is 62.7 cm³/mol. The van der Waals surface area contributed by atoms with Crippen molar-refractivity contribution < 1.29 is 4.21 Å². The molecule has 5 heteroatoms. The molecule has 1 atom stereocenters. The summed E-state index contributed by atoms with van der Waals surface area (Å²) in [5.74, 6) is 0.725. The zero-order valence-electron chi connectivity index (χ0n) is 7.38. The van der Waals surface area contributed by atoms with Crippen LogP contribution < -0.4 is 5.32 Å². The highest BCUT2D eigenvalue weighted by atomic mass is 79.9. The second-order valence-electron chi connectivity index (χ2n) is 2.65. The average molecular weight is 282 g/mol. The van der Waals surface area contributed by atoms with E-state index in [9.17, 15) is 4.21 Å². The molecule has 0 amide bonds. The molecule has 0 spiro atoms. The number of nitrogens with one attached hydrogen (secondary N) is 1. The van der Waals surface area contributed by atoms with Gasteiger partial charge in [-0.2, -0.15) is 0 Å². The Morgan fingerprint density at radius 3 is 3.00 bits per heavy atom. The van der Waals surface area contributed by atoms with E-state index in [1.54, 1.807) is 17.6 Å². The smallest absolute Gasteiger partial charge is 0.0357 e. The number of thiophene rings is 1. The fourth-order valence-corrected chi connectivity index (χ4v) is 2.76. The van der Waals surface area contributed by atoms with Gasteiger partial charge in [0.05, 0.1) is 0 Å². The van der Waals surface area contributed by atoms with Gasteiger partial charge in [-0.3, -0.25) is 4.21 Å². The maximum Gasteiger partial charge on any atom is 0.0357 e. The molecule has 1 aromatic heterocycles. The maximum atomic E-state index is 10.7. The lowest BCUT2D eigenvalue weighted by Gasteiger charge is -2.01. The Balaban J connectivity index is 2.20. The van der Waals surface area contributed by atoms with Crippen LogP contribution in [0.5, 0.6) is 0 Å². The van der Waals surface area contributed by atoms with Gasteiger partial charge in [0, 0.05) is 45.2 Å². The molecule has 74 valence electrons. The van der Waals surface area contributed by atoms with Gasteiger partial charge in [-0.15, -0.1) is 11.3 Å². The summed E-state index contributed by atoms with van der Waals surface area (Å²) in [6.45, 7) is 1.67. The zero-order valence-corrected chi connectivity index (χ0v) is 10.6. The van der Waals surface area contributed by atoms with Crippen molar-refractivity contribution in [3.8, 4) is 0 Å². The van der Waals surface area contributed by atoms with Gasteiger partial charge in [-0.05, 0) is 27.4 Å². The van der Waals surface area contributed by atoms with Gasteiger partial charge in [-0.25, -0.2) is 0 Å². The number of halogens is 1. The summed E-state index contributed by atoms with van der Waals surface area (Å²) in [5, 5.41) is 5.30. The van der Waals surface area contributed by atoms with Gasteiger partial charge in [0.1, 0.15) is 0 Å². The van der Waals surface area contributed by atoms with E-state index in [1.807, 2.05) is 6.07 Å². The Labute approximate surface area is 93.3 Å². The van der Waals surface area contributed by atoms with E-state index >= 15 is 0 Å². The Bertz CT molecular complexity index is 287. The fraction of sp³-hybridized carbons (Fsp3) is 0.500. The van der Waals surface area contributed by atoms with Crippen molar-refractivity contribution in [2.24, 2.45) is 0 Å². The van der Waals surface area contributed by atoms with Crippen LogP contribution in [0.25, 0.3) is 0 Å². The third kappa shape index (κ3) is 4.35. The molecule has 13 heavy (non-hydrogen) atoms. The zero-order chi connectivity index (χ0) is 9.68. The van der Waals surface area contributed by atoms with Crippen LogP contribution in [-0.4, -0.2) is 22.8 Å². The maximum absolute atomic E-state index is 10.7. The average Bonchev–Trinajstić information content (AvgIpc) is 2.45. The molecular weight excluding hydrogens is 270 g/mol. The molecule has 0 aliphatic rings. The van der Waals surface area contributed by atoms with Gasteiger partial charge >= 0.3 is 0 Å². The third-order valence-electron chi connectivity index (χ3n) is 1.54. The summed E-state index contributed by atoms with van der Waals surface area (Å²) < 4.78 is 11.9. The van der Waals surface area contributed by atoms with Crippen LogP contribution in [0.3, 0.4) is 0 Å². The molecule has 0 bridgehead atoms. The minimum Gasteiger partial charge on any atom is -0.311 e. The van der Waals surface area contributed by atoms with Crippen molar-refractivity contribution in [2.45, 2.75) is 6.54 Å². The minimum atomic E-state index is -0.690. The monoisotopic (exact) mass is 281 g/mol. The molecule has 0 saturated heterocycles. The SMILES string of the molecule is CS(=O)CCNCc1sccc1Br. The standard InChI is InChI=1S/C8H12BrNOS2/c1-13(11)5-3-10-6-8-7(9)2-4-12-8/h2,4,10H,3,5-6H2,1H3. The van der Waals surface area contributed by atoms with Crippen molar-refractivity contribution in [1.82, 2.24) is 5.32 Å². The van der Waals surface area contributed by atoms with E-state index in [0.717, 1.165) is 23.3 Å². The molecule has 0 aliphatic heterocycles. The summed E-state index contributed by atoms with van der Waals surface area (Å²) in [6, 6.07) is 2.04. The molecule has 0 radical (unpaired) electrons. The first-order valence-electron chi connectivity index (χ1n) is 3.93. The first-order chi connectivity index (χ1) is 6.20. The molecule has 2 nitrogen and oxygen atoms in total. The third-order valence-corrected chi connectivity index (χ3v) is 4.25. The highest BCUT2D eigenvalue weighted by Gasteiger charge is 1.99. The second kappa shape index (κ2) is 5.90. The second-order valence-corrected chi connectivity index (χ2v) is 6.06. The molecule has 1 heterocycles. The molecule has 0 aliphatic carbocycles. The summed E-state index contributed by atoms with van der Waals surface area (Å²) in [7, 11) is -0.690. The number of hydrogen-bond acceptors (Lipinski definition) is 3. The first-order valence-corrected chi connectivity index (χ1v) is 7.32. The van der Waals surface area contributed by atoms with E-state index < -0.39 is 10.8 Å². The largest absolute Gasteiger partial charge is 0.311 e. The van der Waals surface area contributed by atoms with Gasteiger partial charge in [-0.1, -0.05) is 0 Å². The van der Waals surface area contributed by atoms with E-state index in [2.05, 4.69) is 26.6 Å². The van der Waals surface area contributed by atoms with Crippen molar-refractivity contribution in [2.75, 3.05) is 18.6 Å². The summed E-state index contributed by atoms with van der Waals surface area (Å²) in [4.78, 5) is 1.29. The Kier molecular flexibility index (Phi) is 5.16. The van der Waals surface area contributed by atoms with E-state index in [0.29, 0.717) is 0 Å². The van der Waals surface area contributed by atoms with Gasteiger partial charge < -0.3 is 5.32 Å². The lowest BCUT2D eigenvalue weighted by atomic mass is 10.4. The lowest BCUT2D eigenvalue weighted by molar-refractivity contribution is 0.677. The molecule has 0 fully saturated rings. The minimum absolute atomic E-state index is 0.690. The van der Waals surface area contributed by atoms with Crippen LogP contribution >= 0.6 is 27.3 Å². The molecule has 1 rings (SSSR count). The topological polar surface area (TPSA) is 29.1 Å². The van der Waals surface area contributed by atoms with Crippen molar-refractivity contribution >= 4 is 38.1 Å². The normalized spacial score (nSPS) is 13.1. The highest BCUT2D eigenvalue weighted by molar-refractivity contribution is 9.10. The van der Waals surface area contributed by atoms with E-state index in [4.69, 9.17) is 0 Å². The van der Waals surface area contributed by atoms with Crippen LogP contribution in [0.1, 0.15) is 4.88 Å². The van der Waals surface area contributed by atoms with Crippen molar-refractivity contribution in [3.05, 3.63) is 20.8 Å². The van der Waals surface area contributed by atoms with Crippen LogP contribution in [0.15, 0.2) is 15.9 Å². The van der Waals surface area contributed by atoms with Crippen LogP contribution in [0.2, 0.25) is 0 Å². The summed E-state index contributed by atoms with van der Waals surface area (Å²) in [5.41, 5.74) is 0. The highest BCUT2D eigenvalue weighted by Crippen LogP contribution is 2.21. The lowest BCUT2D eigenvalue weighted by Crippen LogP contribution is -2.19. The predicted octanol–water partition coefficient (Wildman–Crippen LogP) is 1.98. The van der Waals surface area contributed by atoms with Crippen molar-refractivity contribution in [1.29, 1.82) is 0 Å². The Morgan fingerprint density at radius 2 is 2.46 bits per heavy atom. The number of hydrogen-bond donors (Lipinski definition) is 1. The molecular formula is C8H12BrNOS2. The quantitative estimate of drug-likeness (QED) is 0.837. The van der Waals surface area contributed by atoms with Crippen LogP contribution in [0, 0.1) is 0 Å². The van der Waals surface area contributed by atoms with Gasteiger partial charge in [0.2, 0.25) is 0 Å². The number of rotatable bonds is 5. The Morgan fingerprint density at radius 1 is 1.69 bits per heavy atom. The molecule has 1 aromatic rings. The Hall–Kier alpha value is 0.290. The molecule has 1 N–H and O–H groups in total. The van der Waals surface area contributed by atoms with E-state index in [1.165, 1.54) is 4.88 Å². The molecule has 0 saturated carbocycles. The van der Waals surface area contributed by atoms with Crippen LogP contribution in [0.4, 0.5) is 0 Å². The van der Waals surface area contributed by atoms with Gasteiger partial charge in [0.25, 0.3) is 0 Å².